The van der Waals surface area contributed by atoms with Crippen molar-refractivity contribution in [2.75, 3.05) is 26.2 Å². The molecule has 4 rings (SSSR count). The van der Waals surface area contributed by atoms with Gasteiger partial charge in [0.25, 0.3) is 5.91 Å². The number of hydrogen-bond donors (Lipinski definition) is 2. The third-order valence-electron chi connectivity index (χ3n) is 6.32. The molecule has 0 bridgehead atoms. The average Bonchev–Trinajstić information content (AvgIpc) is 3.40. The standard InChI is InChI=1S/C25H30N4O5S/c1-2-29-16-14-25(15-17-29,24(30)27-31)35(32)21-12-10-20(11-13-21)33-18-6-9-22-26-23(28-34-22)19-7-4-3-5-8-19/h3-5,7-8,10-13,31H,2,6,9,14-18H2,1H3,(H,27,30). The molecule has 1 fully saturated rings. The highest BCUT2D eigenvalue weighted by molar-refractivity contribution is 7.87. The average molecular weight is 499 g/mol. The Balaban J connectivity index is 1.30. The van der Waals surface area contributed by atoms with E-state index in [9.17, 15) is 14.2 Å². The fraction of sp³-hybridized carbons (Fsp3) is 0.400. The molecule has 186 valence electrons. The van der Waals surface area contributed by atoms with Gasteiger partial charge in [-0.3, -0.25) is 14.2 Å². The zero-order valence-corrected chi connectivity index (χ0v) is 20.5. The van der Waals surface area contributed by atoms with E-state index in [4.69, 9.17) is 9.26 Å². The van der Waals surface area contributed by atoms with E-state index in [-0.39, 0.29) is 0 Å². The number of amides is 1. The van der Waals surface area contributed by atoms with Crippen LogP contribution >= 0.6 is 0 Å². The number of aromatic nitrogens is 2. The molecule has 10 heteroatoms. The lowest BCUT2D eigenvalue weighted by Crippen LogP contribution is -2.55. The van der Waals surface area contributed by atoms with E-state index in [1.807, 2.05) is 30.3 Å². The molecule has 35 heavy (non-hydrogen) atoms. The number of nitrogens with zero attached hydrogens (tertiary/aromatic N) is 3. The lowest BCUT2D eigenvalue weighted by molar-refractivity contribution is -0.133. The third kappa shape index (κ3) is 5.77. The molecular formula is C25H30N4O5S. The lowest BCUT2D eigenvalue weighted by Gasteiger charge is -2.38. The van der Waals surface area contributed by atoms with Crippen LogP contribution in [0, 0.1) is 0 Å². The van der Waals surface area contributed by atoms with Crippen molar-refractivity contribution in [3.8, 4) is 17.1 Å². The maximum absolute atomic E-state index is 13.4. The summed E-state index contributed by atoms with van der Waals surface area (Å²) < 4.78 is 23.4. The Labute approximate surface area is 206 Å². The van der Waals surface area contributed by atoms with Gasteiger partial charge in [0.1, 0.15) is 10.5 Å². The number of carbonyl (C=O) groups is 1. The van der Waals surface area contributed by atoms with Crippen molar-refractivity contribution >= 4 is 16.7 Å². The van der Waals surface area contributed by atoms with Crippen LogP contribution in [0.3, 0.4) is 0 Å². The Morgan fingerprint density at radius 3 is 2.54 bits per heavy atom. The second-order valence-corrected chi connectivity index (χ2v) is 10.2. The first kappa shape index (κ1) is 25.0. The molecule has 1 unspecified atom stereocenters. The fourth-order valence-corrected chi connectivity index (χ4v) is 5.79. The number of carbonyl (C=O) groups excluding carboxylic acids is 1. The van der Waals surface area contributed by atoms with Crippen LogP contribution in [0.25, 0.3) is 11.4 Å². The second-order valence-electron chi connectivity index (χ2n) is 8.44. The smallest absolute Gasteiger partial charge is 0.262 e. The minimum atomic E-state index is -1.61. The van der Waals surface area contributed by atoms with E-state index in [1.165, 1.54) is 0 Å². The van der Waals surface area contributed by atoms with Crippen LogP contribution in [0.5, 0.6) is 5.75 Å². The highest BCUT2D eigenvalue weighted by atomic mass is 32.2. The number of ether oxygens (including phenoxy) is 1. The molecule has 0 aliphatic carbocycles. The summed E-state index contributed by atoms with van der Waals surface area (Å²) in [7, 11) is -1.61. The van der Waals surface area contributed by atoms with E-state index in [0.717, 1.165) is 12.1 Å². The molecule has 0 saturated carbocycles. The van der Waals surface area contributed by atoms with Gasteiger partial charge in [-0.25, -0.2) is 5.48 Å². The van der Waals surface area contributed by atoms with E-state index in [2.05, 4.69) is 22.0 Å². The van der Waals surface area contributed by atoms with Crippen molar-refractivity contribution in [1.82, 2.24) is 20.5 Å². The molecule has 1 aliphatic rings. The summed E-state index contributed by atoms with van der Waals surface area (Å²) >= 11 is 0. The van der Waals surface area contributed by atoms with Crippen molar-refractivity contribution in [1.29, 1.82) is 0 Å². The van der Waals surface area contributed by atoms with Crippen LogP contribution in [0.4, 0.5) is 0 Å². The summed E-state index contributed by atoms with van der Waals surface area (Å²) in [5.74, 6) is 1.17. The Kier molecular flexibility index (Phi) is 8.27. The van der Waals surface area contributed by atoms with Crippen LogP contribution in [-0.2, 0) is 22.0 Å². The number of rotatable bonds is 10. The molecule has 3 aromatic rings. The van der Waals surface area contributed by atoms with Gasteiger partial charge in [-0.1, -0.05) is 42.4 Å². The Hall–Kier alpha value is -3.08. The number of piperidine rings is 1. The zero-order chi connectivity index (χ0) is 24.7. The van der Waals surface area contributed by atoms with Crippen LogP contribution < -0.4 is 10.2 Å². The number of hydrogen-bond acceptors (Lipinski definition) is 8. The van der Waals surface area contributed by atoms with Gasteiger partial charge >= 0.3 is 0 Å². The summed E-state index contributed by atoms with van der Waals surface area (Å²) in [5.41, 5.74) is 2.64. The third-order valence-corrected chi connectivity index (χ3v) is 8.33. The number of hydroxylamine groups is 1. The van der Waals surface area contributed by atoms with Crippen LogP contribution in [0.2, 0.25) is 0 Å². The molecule has 2 aromatic carbocycles. The zero-order valence-electron chi connectivity index (χ0n) is 19.7. The molecule has 2 heterocycles. The summed E-state index contributed by atoms with van der Waals surface area (Å²) in [6.45, 7) is 4.69. The maximum atomic E-state index is 13.4. The second kappa shape index (κ2) is 11.6. The molecule has 1 saturated heterocycles. The number of benzene rings is 2. The van der Waals surface area contributed by atoms with Crippen LogP contribution in [-0.4, -0.2) is 61.4 Å². The molecule has 2 N–H and O–H groups in total. The Morgan fingerprint density at radius 1 is 1.17 bits per heavy atom. The molecule has 1 atom stereocenters. The summed E-state index contributed by atoms with van der Waals surface area (Å²) in [6, 6.07) is 16.6. The van der Waals surface area contributed by atoms with Crippen LogP contribution in [0.1, 0.15) is 32.1 Å². The van der Waals surface area contributed by atoms with Gasteiger partial charge in [-0.2, -0.15) is 4.98 Å². The number of likely N-dealkylation sites (tertiary alicyclic amines) is 1. The summed E-state index contributed by atoms with van der Waals surface area (Å²) in [6.07, 6.45) is 2.12. The predicted octanol–water partition coefficient (Wildman–Crippen LogP) is 3.22. The Morgan fingerprint density at radius 2 is 1.89 bits per heavy atom. The van der Waals surface area contributed by atoms with Gasteiger partial charge in [0.05, 0.1) is 17.4 Å². The molecule has 1 aromatic heterocycles. The van der Waals surface area contributed by atoms with Gasteiger partial charge in [0, 0.05) is 30.0 Å². The Bertz CT molecular complexity index is 1130. The van der Waals surface area contributed by atoms with Crippen LogP contribution in [0.15, 0.2) is 64.0 Å². The highest BCUT2D eigenvalue weighted by Crippen LogP contribution is 2.33. The maximum Gasteiger partial charge on any atom is 0.262 e. The highest BCUT2D eigenvalue weighted by Gasteiger charge is 2.47. The van der Waals surface area contributed by atoms with E-state index in [1.54, 1.807) is 29.7 Å². The minimum Gasteiger partial charge on any atom is -0.494 e. The quantitative estimate of drug-likeness (QED) is 0.249. The summed E-state index contributed by atoms with van der Waals surface area (Å²) in [5, 5.41) is 13.3. The first-order valence-corrected chi connectivity index (χ1v) is 12.9. The van der Waals surface area contributed by atoms with E-state index >= 15 is 0 Å². The van der Waals surface area contributed by atoms with Crippen molar-refractivity contribution in [2.45, 2.75) is 42.2 Å². The monoisotopic (exact) mass is 498 g/mol. The number of nitrogens with one attached hydrogen (secondary N) is 1. The van der Waals surface area contributed by atoms with Gasteiger partial charge < -0.3 is 14.2 Å². The van der Waals surface area contributed by atoms with Gasteiger partial charge in [0.2, 0.25) is 11.7 Å². The minimum absolute atomic E-state index is 0.416. The summed E-state index contributed by atoms with van der Waals surface area (Å²) in [4.78, 5) is 19.7. The van der Waals surface area contributed by atoms with Crippen molar-refractivity contribution in [2.24, 2.45) is 0 Å². The largest absolute Gasteiger partial charge is 0.494 e. The normalized spacial score (nSPS) is 16.5. The predicted molar refractivity (Wildman–Crippen MR) is 130 cm³/mol. The molecule has 9 nitrogen and oxygen atoms in total. The fourth-order valence-electron chi connectivity index (χ4n) is 4.19. The molecular weight excluding hydrogens is 468 g/mol. The van der Waals surface area contributed by atoms with Crippen molar-refractivity contribution < 1.29 is 23.5 Å². The lowest BCUT2D eigenvalue weighted by atomic mass is 9.95. The van der Waals surface area contributed by atoms with Gasteiger partial charge in [-0.15, -0.1) is 0 Å². The first-order chi connectivity index (χ1) is 17.1. The van der Waals surface area contributed by atoms with Crippen molar-refractivity contribution in [3.05, 3.63) is 60.5 Å². The van der Waals surface area contributed by atoms with E-state index in [0.29, 0.717) is 67.7 Å². The van der Waals surface area contributed by atoms with Gasteiger partial charge in [-0.05, 0) is 50.1 Å². The SMILES string of the molecule is CCN1CCC(C(=O)NO)(S(=O)c2ccc(OCCCc3nc(-c4ccccc4)no3)cc2)CC1. The molecule has 0 spiro atoms. The number of aryl methyl sites for hydroxylation is 1. The van der Waals surface area contributed by atoms with Gasteiger partial charge in [0.15, 0.2) is 0 Å². The topological polar surface area (TPSA) is 118 Å². The van der Waals surface area contributed by atoms with Crippen molar-refractivity contribution in [3.63, 3.8) is 0 Å². The molecule has 0 radical (unpaired) electrons. The molecule has 1 aliphatic heterocycles. The first-order valence-electron chi connectivity index (χ1n) is 11.8. The van der Waals surface area contributed by atoms with E-state index < -0.39 is 21.5 Å². The molecule has 1 amide bonds.